The molecule has 0 aliphatic carbocycles. The van der Waals surface area contributed by atoms with Gasteiger partial charge in [-0.3, -0.25) is 9.59 Å². The van der Waals surface area contributed by atoms with Gasteiger partial charge >= 0.3 is 0 Å². The van der Waals surface area contributed by atoms with Crippen LogP contribution in [0.1, 0.15) is 32.6 Å². The van der Waals surface area contributed by atoms with E-state index in [9.17, 15) is 9.59 Å². The van der Waals surface area contributed by atoms with Crippen molar-refractivity contribution < 1.29 is 9.59 Å². The van der Waals surface area contributed by atoms with E-state index >= 15 is 0 Å². The minimum absolute atomic E-state index is 0.148. The Balaban J connectivity index is 4.05. The number of unbranched alkanes of at least 4 members (excludes halogenated alkanes) is 1. The van der Waals surface area contributed by atoms with E-state index < -0.39 is 6.04 Å². The predicted octanol–water partition coefficient (Wildman–Crippen LogP) is -0.915. The van der Waals surface area contributed by atoms with Crippen molar-refractivity contribution in [2.45, 2.75) is 38.6 Å². The van der Waals surface area contributed by atoms with Crippen LogP contribution in [0, 0.1) is 0 Å². The minimum atomic E-state index is -0.461. The molecule has 0 bridgehead atoms. The van der Waals surface area contributed by atoms with E-state index in [1.165, 1.54) is 6.92 Å². The summed E-state index contributed by atoms with van der Waals surface area (Å²) in [5.74, 6) is -0.345. The van der Waals surface area contributed by atoms with Gasteiger partial charge in [0.15, 0.2) is 0 Å². The van der Waals surface area contributed by atoms with Gasteiger partial charge in [-0.15, -0.1) is 0 Å². The van der Waals surface area contributed by atoms with Crippen LogP contribution in [0.5, 0.6) is 0 Å². The largest absolute Gasteiger partial charge is 0.354 e. The van der Waals surface area contributed by atoms with Crippen molar-refractivity contribution in [1.82, 2.24) is 10.6 Å². The number of carbonyl (C=O) groups is 2. The molecule has 6 nitrogen and oxygen atoms in total. The number of carbonyl (C=O) groups excluding carboxylic acids is 2. The molecule has 0 aromatic rings. The van der Waals surface area contributed by atoms with E-state index in [1.54, 1.807) is 0 Å². The summed E-state index contributed by atoms with van der Waals surface area (Å²) in [6.07, 6.45) is 3.03. The first kappa shape index (κ1) is 15.9. The van der Waals surface area contributed by atoms with Gasteiger partial charge in [-0.2, -0.15) is 0 Å². The van der Waals surface area contributed by atoms with Crippen LogP contribution in [0.3, 0.4) is 0 Å². The Labute approximate surface area is 102 Å². The Morgan fingerprint density at radius 3 is 2.29 bits per heavy atom. The normalized spacial score (nSPS) is 11.9. The monoisotopic (exact) mass is 244 g/mol. The third-order valence-electron chi connectivity index (χ3n) is 2.32. The van der Waals surface area contributed by atoms with Crippen molar-refractivity contribution in [3.63, 3.8) is 0 Å². The maximum atomic E-state index is 11.7. The van der Waals surface area contributed by atoms with Gasteiger partial charge in [-0.1, -0.05) is 0 Å². The summed E-state index contributed by atoms with van der Waals surface area (Å²) in [6, 6.07) is -0.461. The lowest BCUT2D eigenvalue weighted by Crippen LogP contribution is -2.46. The summed E-state index contributed by atoms with van der Waals surface area (Å²) in [5.41, 5.74) is 10.7. The second kappa shape index (κ2) is 10.0. The van der Waals surface area contributed by atoms with Gasteiger partial charge in [-0.05, 0) is 38.8 Å². The molecule has 17 heavy (non-hydrogen) atoms. The van der Waals surface area contributed by atoms with Crippen molar-refractivity contribution in [3.05, 3.63) is 0 Å². The maximum absolute atomic E-state index is 11.7. The molecule has 0 heterocycles. The van der Waals surface area contributed by atoms with Gasteiger partial charge < -0.3 is 22.1 Å². The van der Waals surface area contributed by atoms with Crippen LogP contribution in [0.15, 0.2) is 0 Å². The molecule has 0 aliphatic heterocycles. The van der Waals surface area contributed by atoms with Crippen molar-refractivity contribution in [2.24, 2.45) is 11.5 Å². The van der Waals surface area contributed by atoms with Crippen molar-refractivity contribution in [1.29, 1.82) is 0 Å². The zero-order valence-corrected chi connectivity index (χ0v) is 10.5. The van der Waals surface area contributed by atoms with Crippen LogP contribution >= 0.6 is 0 Å². The molecule has 6 heteroatoms. The first-order valence-corrected chi connectivity index (χ1v) is 6.06. The van der Waals surface area contributed by atoms with Crippen LogP contribution in [-0.4, -0.2) is 37.5 Å². The fraction of sp³-hybridized carbons (Fsp3) is 0.818. The number of hydrogen-bond donors (Lipinski definition) is 4. The molecule has 0 saturated carbocycles. The van der Waals surface area contributed by atoms with Crippen LogP contribution in [0.25, 0.3) is 0 Å². The summed E-state index contributed by atoms with van der Waals surface area (Å²) < 4.78 is 0. The number of rotatable bonds is 9. The number of nitrogens with one attached hydrogen (secondary N) is 2. The highest BCUT2D eigenvalue weighted by atomic mass is 16.2. The van der Waals surface area contributed by atoms with E-state index in [0.717, 1.165) is 19.3 Å². The summed E-state index contributed by atoms with van der Waals surface area (Å²) in [7, 11) is 0. The van der Waals surface area contributed by atoms with Gasteiger partial charge in [-0.25, -0.2) is 0 Å². The smallest absolute Gasteiger partial charge is 0.242 e. The molecule has 0 fully saturated rings. The SMILES string of the molecule is CC(=O)NC(CCCCN)C(=O)NCCCN. The van der Waals surface area contributed by atoms with Crippen molar-refractivity contribution in [2.75, 3.05) is 19.6 Å². The Bertz CT molecular complexity index is 234. The average Bonchev–Trinajstić information content (AvgIpc) is 2.27. The second-order valence-corrected chi connectivity index (χ2v) is 3.97. The number of amides is 2. The predicted molar refractivity (Wildman–Crippen MR) is 67.2 cm³/mol. The highest BCUT2D eigenvalue weighted by Gasteiger charge is 2.17. The molecule has 100 valence electrons. The lowest BCUT2D eigenvalue weighted by Gasteiger charge is -2.17. The van der Waals surface area contributed by atoms with Crippen molar-refractivity contribution in [3.8, 4) is 0 Å². The third-order valence-corrected chi connectivity index (χ3v) is 2.32. The van der Waals surface area contributed by atoms with E-state index in [-0.39, 0.29) is 11.8 Å². The minimum Gasteiger partial charge on any atom is -0.354 e. The first-order valence-electron chi connectivity index (χ1n) is 6.06. The molecule has 0 saturated heterocycles. The zero-order valence-electron chi connectivity index (χ0n) is 10.5. The van der Waals surface area contributed by atoms with E-state index in [4.69, 9.17) is 11.5 Å². The number of hydrogen-bond acceptors (Lipinski definition) is 4. The zero-order chi connectivity index (χ0) is 13.1. The maximum Gasteiger partial charge on any atom is 0.242 e. The molecule has 0 aliphatic rings. The Morgan fingerprint density at radius 2 is 1.76 bits per heavy atom. The van der Waals surface area contributed by atoms with Gasteiger partial charge in [0, 0.05) is 13.5 Å². The van der Waals surface area contributed by atoms with Crippen LogP contribution in [-0.2, 0) is 9.59 Å². The molecule has 0 spiro atoms. The second-order valence-electron chi connectivity index (χ2n) is 3.97. The molecule has 1 atom stereocenters. The Hall–Kier alpha value is -1.14. The fourth-order valence-electron chi connectivity index (χ4n) is 1.44. The Kier molecular flexibility index (Phi) is 9.37. The molecule has 0 radical (unpaired) electrons. The third kappa shape index (κ3) is 8.65. The van der Waals surface area contributed by atoms with Crippen LogP contribution in [0.2, 0.25) is 0 Å². The molecule has 6 N–H and O–H groups in total. The van der Waals surface area contributed by atoms with E-state index in [0.29, 0.717) is 26.1 Å². The summed E-state index contributed by atoms with van der Waals surface area (Å²) in [4.78, 5) is 22.7. The van der Waals surface area contributed by atoms with Gasteiger partial charge in [0.05, 0.1) is 0 Å². The Morgan fingerprint density at radius 1 is 1.12 bits per heavy atom. The molecular weight excluding hydrogens is 220 g/mol. The lowest BCUT2D eigenvalue weighted by atomic mass is 10.1. The fourth-order valence-corrected chi connectivity index (χ4v) is 1.44. The standard InChI is InChI=1S/C11H24N4O2/c1-9(16)15-10(5-2-3-6-12)11(17)14-8-4-7-13/h10H,2-8,12-13H2,1H3,(H,14,17)(H,15,16). The van der Waals surface area contributed by atoms with E-state index in [2.05, 4.69) is 10.6 Å². The molecule has 0 aromatic carbocycles. The molecule has 0 aromatic heterocycles. The molecule has 1 unspecified atom stereocenters. The van der Waals surface area contributed by atoms with Crippen molar-refractivity contribution >= 4 is 11.8 Å². The van der Waals surface area contributed by atoms with E-state index in [1.807, 2.05) is 0 Å². The lowest BCUT2D eigenvalue weighted by molar-refractivity contribution is -0.128. The molecular formula is C11H24N4O2. The van der Waals surface area contributed by atoms with Gasteiger partial charge in [0.25, 0.3) is 0 Å². The summed E-state index contributed by atoms with van der Waals surface area (Å²) in [5, 5.41) is 5.39. The van der Waals surface area contributed by atoms with Crippen LogP contribution in [0.4, 0.5) is 0 Å². The summed E-state index contributed by atoms with van der Waals surface area (Å²) in [6.45, 7) is 3.09. The topological polar surface area (TPSA) is 110 Å². The first-order chi connectivity index (χ1) is 8.11. The highest BCUT2D eigenvalue weighted by molar-refractivity contribution is 5.86. The van der Waals surface area contributed by atoms with Crippen LogP contribution < -0.4 is 22.1 Å². The molecule has 0 rings (SSSR count). The quantitative estimate of drug-likeness (QED) is 0.393. The average molecular weight is 244 g/mol. The summed E-state index contributed by atoms with van der Waals surface area (Å²) >= 11 is 0. The number of nitrogens with two attached hydrogens (primary N) is 2. The van der Waals surface area contributed by atoms with Gasteiger partial charge in [0.2, 0.25) is 11.8 Å². The highest BCUT2D eigenvalue weighted by Crippen LogP contribution is 2.00. The molecule has 2 amide bonds. The van der Waals surface area contributed by atoms with Gasteiger partial charge in [0.1, 0.15) is 6.04 Å².